The molecule has 0 unspecified atom stereocenters. The number of anilines is 1. The van der Waals surface area contributed by atoms with E-state index in [0.717, 1.165) is 18.2 Å². The Balaban J connectivity index is 1.81. The first kappa shape index (κ1) is 22.2. The number of hydrogen-bond acceptors (Lipinski definition) is 3. The molecule has 1 atom stereocenters. The number of hydrogen-bond donors (Lipinski definition) is 1. The largest absolute Gasteiger partial charge is 0.504 e. The summed E-state index contributed by atoms with van der Waals surface area (Å²) >= 11 is 0. The van der Waals surface area contributed by atoms with Gasteiger partial charge in [-0.15, -0.1) is 0 Å². The fourth-order valence-corrected chi connectivity index (χ4v) is 4.10. The van der Waals surface area contributed by atoms with E-state index in [1.807, 2.05) is 12.2 Å². The Bertz CT molecular complexity index is 1270. The third-order valence-electron chi connectivity index (χ3n) is 5.62. The molecule has 0 fully saturated rings. The van der Waals surface area contributed by atoms with E-state index in [-0.39, 0.29) is 16.9 Å². The number of nitrogens with zero attached hydrogens (tertiary/aromatic N) is 3. The molecule has 168 valence electrons. The van der Waals surface area contributed by atoms with Crippen LogP contribution in [0.25, 0.3) is 0 Å². The van der Waals surface area contributed by atoms with Gasteiger partial charge >= 0.3 is 12.2 Å². The first-order valence-corrected chi connectivity index (χ1v) is 9.94. The number of urea groups is 1. The maximum absolute atomic E-state index is 14.6. The van der Waals surface area contributed by atoms with E-state index in [1.165, 1.54) is 40.8 Å². The normalized spacial score (nSPS) is 17.8. The minimum atomic E-state index is -4.78. The summed E-state index contributed by atoms with van der Waals surface area (Å²) in [6.07, 6.45) is -0.431. The molecule has 1 N–H and O–H groups in total. The summed E-state index contributed by atoms with van der Waals surface area (Å²) in [6.45, 7) is 0. The third-order valence-corrected chi connectivity index (χ3v) is 5.62. The van der Waals surface area contributed by atoms with Crippen LogP contribution in [0.2, 0.25) is 0 Å². The van der Waals surface area contributed by atoms with Gasteiger partial charge in [0.2, 0.25) is 0 Å². The second kappa shape index (κ2) is 8.16. The summed E-state index contributed by atoms with van der Waals surface area (Å²) in [5.41, 5.74) is -1.16. The van der Waals surface area contributed by atoms with E-state index >= 15 is 0 Å². The Morgan fingerprint density at radius 3 is 2.61 bits per heavy atom. The van der Waals surface area contributed by atoms with Gasteiger partial charge in [0, 0.05) is 26.0 Å². The van der Waals surface area contributed by atoms with Gasteiger partial charge in [0.05, 0.1) is 22.8 Å². The van der Waals surface area contributed by atoms with Gasteiger partial charge < -0.3 is 5.32 Å². The van der Waals surface area contributed by atoms with Gasteiger partial charge in [0.15, 0.2) is 6.04 Å². The van der Waals surface area contributed by atoms with Crippen molar-refractivity contribution >= 4 is 29.0 Å². The standard InChI is InChI=1S/C23H16F4N4O2/c1-29-21(32)16-9-8-15(11-18(16)24)31-20-5-3-2-4-19(20)30(22(31)33)14-7-6-13(12-28)17(10-14)23(25,26)27/h2-3,6-11,19H,4-5H2,1H3/p+1/t19-/m1/s1. The van der Waals surface area contributed by atoms with E-state index < -0.39 is 41.1 Å². The highest BCUT2D eigenvalue weighted by Gasteiger charge is 2.50. The summed E-state index contributed by atoms with van der Waals surface area (Å²) in [6, 6.07) is 7.12. The van der Waals surface area contributed by atoms with Gasteiger partial charge in [-0.2, -0.15) is 32.7 Å². The van der Waals surface area contributed by atoms with Crippen LogP contribution in [0.1, 0.15) is 34.3 Å². The van der Waals surface area contributed by atoms with Crippen molar-refractivity contribution in [3.8, 4) is 6.07 Å². The molecule has 10 heteroatoms. The van der Waals surface area contributed by atoms with Gasteiger partial charge in [-0.25, -0.2) is 4.39 Å². The lowest BCUT2D eigenvalue weighted by atomic mass is 9.97. The summed E-state index contributed by atoms with van der Waals surface area (Å²) in [5, 5.41) is 11.4. The molecule has 1 aliphatic heterocycles. The second-order valence-electron chi connectivity index (χ2n) is 7.49. The van der Waals surface area contributed by atoms with E-state index in [9.17, 15) is 27.2 Å². The topological polar surface area (TPSA) is 76.2 Å². The number of carbonyl (C=O) groups excluding carboxylic acids is 2. The van der Waals surface area contributed by atoms with Crippen molar-refractivity contribution in [1.82, 2.24) is 5.32 Å². The molecule has 0 spiro atoms. The number of carbonyl (C=O) groups is 2. The number of rotatable bonds is 3. The maximum atomic E-state index is 14.6. The zero-order valence-corrected chi connectivity index (χ0v) is 17.3. The molecule has 0 aromatic heterocycles. The van der Waals surface area contributed by atoms with Crippen LogP contribution in [0.15, 0.2) is 48.6 Å². The third kappa shape index (κ3) is 3.75. The molecule has 2 aromatic rings. The number of alkyl halides is 3. The van der Waals surface area contributed by atoms with E-state index in [4.69, 9.17) is 5.26 Å². The molecule has 2 aromatic carbocycles. The summed E-state index contributed by atoms with van der Waals surface area (Å²) in [4.78, 5) is 26.4. The zero-order valence-electron chi connectivity index (χ0n) is 17.3. The van der Waals surface area contributed by atoms with Gasteiger partial charge in [-0.05, 0) is 30.3 Å². The van der Waals surface area contributed by atoms with Gasteiger partial charge in [-0.1, -0.05) is 12.2 Å². The molecule has 4 rings (SSSR count). The average Bonchev–Trinajstić information content (AvgIpc) is 3.09. The van der Waals surface area contributed by atoms with Crippen LogP contribution in [0.4, 0.5) is 33.7 Å². The highest BCUT2D eigenvalue weighted by atomic mass is 19.4. The van der Waals surface area contributed by atoms with Crippen LogP contribution < -0.4 is 10.2 Å². The lowest BCUT2D eigenvalue weighted by molar-refractivity contribution is -0.325. The quantitative estimate of drug-likeness (QED) is 0.418. The Kier molecular flexibility index (Phi) is 5.49. The molecule has 1 aliphatic carbocycles. The fraction of sp³-hybridized carbons (Fsp3) is 0.217. The molecule has 0 bridgehead atoms. The van der Waals surface area contributed by atoms with Crippen molar-refractivity contribution in [2.24, 2.45) is 0 Å². The number of benzene rings is 2. The predicted octanol–water partition coefficient (Wildman–Crippen LogP) is 4.52. The molecular weight excluding hydrogens is 440 g/mol. The van der Waals surface area contributed by atoms with Crippen LogP contribution >= 0.6 is 0 Å². The predicted molar refractivity (Wildman–Crippen MR) is 111 cm³/mol. The van der Waals surface area contributed by atoms with Crippen LogP contribution in [0, 0.1) is 17.1 Å². The number of allylic oxidation sites excluding steroid dienone is 1. The number of fused-ring (bicyclic) bond motifs is 1. The number of amides is 3. The minimum absolute atomic E-state index is 0.0194. The monoisotopic (exact) mass is 457 g/mol. The highest BCUT2D eigenvalue weighted by Crippen LogP contribution is 2.38. The van der Waals surface area contributed by atoms with E-state index in [0.29, 0.717) is 18.6 Å². The van der Waals surface area contributed by atoms with E-state index in [1.54, 1.807) is 0 Å². The van der Waals surface area contributed by atoms with Crippen LogP contribution in [-0.2, 0) is 6.18 Å². The van der Waals surface area contributed by atoms with E-state index in [2.05, 4.69) is 5.32 Å². The van der Waals surface area contributed by atoms with Crippen LogP contribution in [0.5, 0.6) is 0 Å². The Labute approximate surface area is 186 Å². The molecular formula is C23H17F4N4O2+. The zero-order chi connectivity index (χ0) is 23.9. The molecule has 0 saturated heterocycles. The average molecular weight is 457 g/mol. The first-order valence-electron chi connectivity index (χ1n) is 9.94. The lowest BCUT2D eigenvalue weighted by Gasteiger charge is -2.19. The molecule has 1 heterocycles. The van der Waals surface area contributed by atoms with Crippen molar-refractivity contribution in [3.63, 3.8) is 0 Å². The molecule has 3 amide bonds. The number of halogens is 4. The van der Waals surface area contributed by atoms with Crippen molar-refractivity contribution in [3.05, 3.63) is 71.1 Å². The van der Waals surface area contributed by atoms with Gasteiger partial charge in [0.1, 0.15) is 22.9 Å². The Hall–Kier alpha value is -4.00. The first-order chi connectivity index (χ1) is 15.7. The van der Waals surface area contributed by atoms with Crippen LogP contribution in [-0.4, -0.2) is 35.3 Å². The van der Waals surface area contributed by atoms with Gasteiger partial charge in [-0.3, -0.25) is 4.79 Å². The van der Waals surface area contributed by atoms with Gasteiger partial charge in [0.25, 0.3) is 5.91 Å². The summed E-state index contributed by atoms with van der Waals surface area (Å²) < 4.78 is 56.3. The maximum Gasteiger partial charge on any atom is 0.504 e. The molecule has 6 nitrogen and oxygen atoms in total. The minimum Gasteiger partial charge on any atom is -0.355 e. The Morgan fingerprint density at radius 1 is 1.21 bits per heavy atom. The summed E-state index contributed by atoms with van der Waals surface area (Å²) in [5.74, 6) is -1.46. The van der Waals surface area contributed by atoms with Crippen molar-refractivity contribution in [2.75, 3.05) is 11.9 Å². The molecule has 33 heavy (non-hydrogen) atoms. The molecule has 0 saturated carbocycles. The van der Waals surface area contributed by atoms with Crippen molar-refractivity contribution < 1.29 is 31.7 Å². The SMILES string of the molecule is CNC(=O)c1ccc([N+]2=C3CC=CC[C@H]3N(c3ccc(C#N)c(C(F)(F)F)c3)C2=O)cc1F. The molecule has 2 aliphatic rings. The fourth-order valence-electron chi connectivity index (χ4n) is 4.10. The molecule has 0 radical (unpaired) electrons. The van der Waals surface area contributed by atoms with Crippen LogP contribution in [0.3, 0.4) is 0 Å². The second-order valence-corrected chi connectivity index (χ2v) is 7.49. The number of nitriles is 1. The smallest absolute Gasteiger partial charge is 0.355 e. The van der Waals surface area contributed by atoms with Crippen molar-refractivity contribution in [2.45, 2.75) is 25.1 Å². The summed E-state index contributed by atoms with van der Waals surface area (Å²) in [7, 11) is 1.36. The van der Waals surface area contributed by atoms with Crippen molar-refractivity contribution in [1.29, 1.82) is 5.26 Å². The number of nitrogens with one attached hydrogen (secondary N) is 1. The highest BCUT2D eigenvalue weighted by molar-refractivity contribution is 6.08. The Morgan fingerprint density at radius 2 is 1.97 bits per heavy atom. The lowest BCUT2D eigenvalue weighted by Crippen LogP contribution is -2.38.